The second-order valence-corrected chi connectivity index (χ2v) is 6.41. The van der Waals surface area contributed by atoms with Crippen LogP contribution in [0, 0.1) is 0 Å². The molecule has 0 radical (unpaired) electrons. The van der Waals surface area contributed by atoms with Crippen molar-refractivity contribution in [2.75, 3.05) is 20.8 Å². The molecular weight excluding hydrogens is 372 g/mol. The number of carbonyl (C=O) groups excluding carboxylic acids is 1. The van der Waals surface area contributed by atoms with Crippen molar-refractivity contribution in [1.29, 1.82) is 0 Å². The molecule has 29 heavy (non-hydrogen) atoms. The van der Waals surface area contributed by atoms with E-state index in [-0.39, 0.29) is 6.61 Å². The minimum absolute atomic E-state index is 0.106. The van der Waals surface area contributed by atoms with Crippen molar-refractivity contribution in [1.82, 2.24) is 5.43 Å². The molecule has 1 aliphatic heterocycles. The molecule has 7 heteroatoms. The SMILES string of the molecule is COc1ccc(OC)c(/C=N/NC(=O)[C@@H]2COc3cc4ccccc4cc3O2)c1. The molecule has 1 atom stereocenters. The highest BCUT2D eigenvalue weighted by molar-refractivity contribution is 5.88. The smallest absolute Gasteiger partial charge is 0.284 e. The number of nitrogens with one attached hydrogen (secondary N) is 1. The van der Waals surface area contributed by atoms with Crippen LogP contribution in [0.2, 0.25) is 0 Å². The topological polar surface area (TPSA) is 78.4 Å². The molecule has 3 aromatic carbocycles. The van der Waals surface area contributed by atoms with E-state index in [0.717, 1.165) is 10.8 Å². The molecule has 148 valence electrons. The number of fused-ring (bicyclic) bond motifs is 2. The van der Waals surface area contributed by atoms with Crippen molar-refractivity contribution in [3.05, 3.63) is 60.2 Å². The monoisotopic (exact) mass is 392 g/mol. The van der Waals surface area contributed by atoms with Gasteiger partial charge in [-0.2, -0.15) is 5.10 Å². The summed E-state index contributed by atoms with van der Waals surface area (Å²) in [6.45, 7) is 0.106. The van der Waals surface area contributed by atoms with Crippen molar-refractivity contribution in [3.8, 4) is 23.0 Å². The lowest BCUT2D eigenvalue weighted by Crippen LogP contribution is -2.42. The summed E-state index contributed by atoms with van der Waals surface area (Å²) in [7, 11) is 3.14. The van der Waals surface area contributed by atoms with Gasteiger partial charge >= 0.3 is 0 Å². The van der Waals surface area contributed by atoms with E-state index in [4.69, 9.17) is 18.9 Å². The molecule has 4 rings (SSSR count). The zero-order valence-corrected chi connectivity index (χ0v) is 16.0. The minimum Gasteiger partial charge on any atom is -0.497 e. The molecule has 0 fully saturated rings. The highest BCUT2D eigenvalue weighted by Gasteiger charge is 2.27. The predicted octanol–water partition coefficient (Wildman–Crippen LogP) is 3.15. The zero-order valence-electron chi connectivity index (χ0n) is 16.0. The summed E-state index contributed by atoms with van der Waals surface area (Å²) < 4.78 is 22.0. The van der Waals surface area contributed by atoms with Crippen LogP contribution in [-0.2, 0) is 4.79 Å². The van der Waals surface area contributed by atoms with Crippen molar-refractivity contribution in [2.24, 2.45) is 5.10 Å². The fraction of sp³-hybridized carbons (Fsp3) is 0.182. The van der Waals surface area contributed by atoms with Gasteiger partial charge in [0.2, 0.25) is 6.10 Å². The summed E-state index contributed by atoms with van der Waals surface area (Å²) in [6.07, 6.45) is 0.692. The van der Waals surface area contributed by atoms with E-state index in [1.807, 2.05) is 36.4 Å². The van der Waals surface area contributed by atoms with Crippen molar-refractivity contribution in [2.45, 2.75) is 6.10 Å². The zero-order chi connectivity index (χ0) is 20.2. The van der Waals surface area contributed by atoms with E-state index < -0.39 is 12.0 Å². The van der Waals surface area contributed by atoms with Gasteiger partial charge in [0.1, 0.15) is 18.1 Å². The van der Waals surface area contributed by atoms with E-state index in [0.29, 0.717) is 28.6 Å². The number of carbonyl (C=O) groups is 1. The number of hydrogen-bond acceptors (Lipinski definition) is 6. The van der Waals surface area contributed by atoms with E-state index in [2.05, 4.69) is 10.5 Å². The number of benzene rings is 3. The normalized spacial score (nSPS) is 15.3. The van der Waals surface area contributed by atoms with E-state index >= 15 is 0 Å². The van der Waals surface area contributed by atoms with Gasteiger partial charge < -0.3 is 18.9 Å². The predicted molar refractivity (Wildman–Crippen MR) is 109 cm³/mol. The largest absolute Gasteiger partial charge is 0.497 e. The van der Waals surface area contributed by atoms with E-state index in [1.54, 1.807) is 32.4 Å². The minimum atomic E-state index is -0.798. The fourth-order valence-electron chi connectivity index (χ4n) is 3.06. The average molecular weight is 392 g/mol. The Labute approximate surface area is 167 Å². The number of hydrogen-bond donors (Lipinski definition) is 1. The number of rotatable bonds is 5. The Morgan fingerprint density at radius 2 is 1.83 bits per heavy atom. The Hall–Kier alpha value is -3.74. The van der Waals surface area contributed by atoms with Crippen LogP contribution in [0.4, 0.5) is 0 Å². The van der Waals surface area contributed by atoms with Crippen molar-refractivity contribution < 1.29 is 23.7 Å². The number of ether oxygens (including phenoxy) is 4. The van der Waals surface area contributed by atoms with Crippen LogP contribution < -0.4 is 24.4 Å². The highest BCUT2D eigenvalue weighted by atomic mass is 16.6. The van der Waals surface area contributed by atoms with Gasteiger partial charge in [0.15, 0.2) is 11.5 Å². The number of methoxy groups -OCH3 is 2. The van der Waals surface area contributed by atoms with Crippen molar-refractivity contribution >= 4 is 22.9 Å². The summed E-state index contributed by atoms with van der Waals surface area (Å²) in [5.41, 5.74) is 3.16. The summed E-state index contributed by atoms with van der Waals surface area (Å²) in [5.74, 6) is 2.03. The Bertz CT molecular complexity index is 1080. The molecule has 0 unspecified atom stereocenters. The Kier molecular flexibility index (Phi) is 5.20. The molecule has 0 aliphatic carbocycles. The molecule has 1 N–H and O–H groups in total. The van der Waals surface area contributed by atoms with Crippen LogP contribution >= 0.6 is 0 Å². The molecular formula is C22H20N2O5. The molecule has 0 aromatic heterocycles. The fourth-order valence-corrected chi connectivity index (χ4v) is 3.06. The second-order valence-electron chi connectivity index (χ2n) is 6.41. The number of hydrazone groups is 1. The Balaban J connectivity index is 1.45. The maximum absolute atomic E-state index is 12.5. The lowest BCUT2D eigenvalue weighted by molar-refractivity contribution is -0.130. The maximum atomic E-state index is 12.5. The third-order valence-corrected chi connectivity index (χ3v) is 4.58. The number of amides is 1. The van der Waals surface area contributed by atoms with Gasteiger partial charge in [-0.25, -0.2) is 5.43 Å². The van der Waals surface area contributed by atoms with Gasteiger partial charge in [0.25, 0.3) is 5.91 Å². The van der Waals surface area contributed by atoms with Crippen LogP contribution in [0.3, 0.4) is 0 Å². The van der Waals surface area contributed by atoms with Gasteiger partial charge in [0.05, 0.1) is 20.4 Å². The van der Waals surface area contributed by atoms with E-state index in [1.165, 1.54) is 6.21 Å². The molecule has 0 bridgehead atoms. The van der Waals surface area contributed by atoms with Crippen LogP contribution in [0.1, 0.15) is 5.56 Å². The molecule has 1 heterocycles. The highest BCUT2D eigenvalue weighted by Crippen LogP contribution is 2.35. The van der Waals surface area contributed by atoms with Gasteiger partial charge in [-0.1, -0.05) is 24.3 Å². The Morgan fingerprint density at radius 1 is 1.07 bits per heavy atom. The summed E-state index contributed by atoms with van der Waals surface area (Å²) >= 11 is 0. The molecule has 1 amide bonds. The third kappa shape index (κ3) is 3.94. The molecule has 0 saturated heterocycles. The van der Waals surface area contributed by atoms with E-state index in [9.17, 15) is 4.79 Å². The third-order valence-electron chi connectivity index (χ3n) is 4.58. The first-order chi connectivity index (χ1) is 14.2. The van der Waals surface area contributed by atoms with Gasteiger partial charge in [-0.05, 0) is 41.1 Å². The molecule has 0 spiro atoms. The lowest BCUT2D eigenvalue weighted by Gasteiger charge is -2.25. The molecule has 1 aliphatic rings. The Morgan fingerprint density at radius 3 is 2.55 bits per heavy atom. The summed E-state index contributed by atoms with van der Waals surface area (Å²) in [6, 6.07) is 17.0. The first-order valence-electron chi connectivity index (χ1n) is 9.05. The summed E-state index contributed by atoms with van der Waals surface area (Å²) in [5, 5.41) is 6.07. The maximum Gasteiger partial charge on any atom is 0.284 e. The van der Waals surface area contributed by atoms with Crippen LogP contribution in [0.15, 0.2) is 59.7 Å². The van der Waals surface area contributed by atoms with Crippen LogP contribution in [0.25, 0.3) is 10.8 Å². The second kappa shape index (κ2) is 8.10. The van der Waals surface area contributed by atoms with Crippen molar-refractivity contribution in [3.63, 3.8) is 0 Å². The quantitative estimate of drug-likeness (QED) is 0.533. The first-order valence-corrected chi connectivity index (χ1v) is 9.05. The van der Waals surface area contributed by atoms with Gasteiger partial charge in [-0.3, -0.25) is 4.79 Å². The summed E-state index contributed by atoms with van der Waals surface area (Å²) in [4.78, 5) is 12.5. The average Bonchev–Trinajstić information content (AvgIpc) is 2.77. The molecule has 0 saturated carbocycles. The van der Waals surface area contributed by atoms with Gasteiger partial charge in [-0.15, -0.1) is 0 Å². The van der Waals surface area contributed by atoms with Crippen LogP contribution in [-0.4, -0.2) is 39.1 Å². The number of nitrogens with zero attached hydrogens (tertiary/aromatic N) is 1. The standard InChI is InChI=1S/C22H20N2O5/c1-26-17-7-8-18(27-2)16(9-17)12-23-24-22(25)21-13-28-19-10-14-5-3-4-6-15(14)11-20(19)29-21/h3-12,21H,13H2,1-2H3,(H,24,25)/b23-12+/t21-/m0/s1. The van der Waals surface area contributed by atoms with Gasteiger partial charge in [0, 0.05) is 5.56 Å². The first kappa shape index (κ1) is 18.6. The van der Waals surface area contributed by atoms with Crippen LogP contribution in [0.5, 0.6) is 23.0 Å². The molecule has 3 aromatic rings. The lowest BCUT2D eigenvalue weighted by atomic mass is 10.1. The molecule has 7 nitrogen and oxygen atoms in total.